The molecule has 1 atom stereocenters. The van der Waals surface area contributed by atoms with Crippen molar-refractivity contribution in [1.29, 1.82) is 0 Å². The molecule has 0 fully saturated rings. The number of carbonyl (C=O) groups is 1. The van der Waals surface area contributed by atoms with Crippen LogP contribution in [0.2, 0.25) is 0 Å². The number of ether oxygens (including phenoxy) is 2. The van der Waals surface area contributed by atoms with Gasteiger partial charge in [0.15, 0.2) is 0 Å². The molecule has 1 aromatic heterocycles. The average molecular weight is 356 g/mol. The third-order valence-electron chi connectivity index (χ3n) is 4.17. The number of methoxy groups -OCH3 is 2. The van der Waals surface area contributed by atoms with Crippen LogP contribution >= 0.6 is 11.3 Å². The Bertz CT molecular complexity index is 851. The lowest BCUT2D eigenvalue weighted by Crippen LogP contribution is -2.29. The Balaban J connectivity index is 1.88. The van der Waals surface area contributed by atoms with Crippen LogP contribution < -0.4 is 9.47 Å². The van der Waals surface area contributed by atoms with Gasteiger partial charge in [-0.15, -0.1) is 11.3 Å². The first kappa shape index (κ1) is 17.2. The van der Waals surface area contributed by atoms with E-state index in [-0.39, 0.29) is 11.9 Å². The highest BCUT2D eigenvalue weighted by Crippen LogP contribution is 2.30. The van der Waals surface area contributed by atoms with E-state index in [0.717, 1.165) is 15.2 Å². The van der Waals surface area contributed by atoms with Crippen LogP contribution in [-0.2, 0) is 0 Å². The number of nitrogens with zero attached hydrogens (tertiary/aromatic N) is 2. The minimum Gasteiger partial charge on any atom is -0.497 e. The van der Waals surface area contributed by atoms with E-state index in [1.807, 2.05) is 31.2 Å². The molecule has 3 aromatic rings. The number of thiazole rings is 1. The van der Waals surface area contributed by atoms with Crippen molar-refractivity contribution in [2.24, 2.45) is 0 Å². The molecule has 0 aliphatic carbocycles. The van der Waals surface area contributed by atoms with Crippen LogP contribution in [-0.4, -0.2) is 37.1 Å². The molecule has 0 bridgehead atoms. The molecule has 0 aliphatic heterocycles. The van der Waals surface area contributed by atoms with Crippen LogP contribution in [0, 0.1) is 0 Å². The van der Waals surface area contributed by atoms with E-state index in [9.17, 15) is 4.79 Å². The van der Waals surface area contributed by atoms with Crippen LogP contribution in [0.1, 0.15) is 28.3 Å². The van der Waals surface area contributed by atoms with Crippen LogP contribution in [0.4, 0.5) is 0 Å². The monoisotopic (exact) mass is 356 g/mol. The highest BCUT2D eigenvalue weighted by Gasteiger charge is 2.22. The van der Waals surface area contributed by atoms with Gasteiger partial charge in [0.05, 0.1) is 30.5 Å². The van der Waals surface area contributed by atoms with Gasteiger partial charge in [-0.2, -0.15) is 0 Å². The van der Waals surface area contributed by atoms with Gasteiger partial charge in [-0.1, -0.05) is 12.1 Å². The van der Waals surface area contributed by atoms with Gasteiger partial charge in [-0.05, 0) is 31.2 Å². The maximum Gasteiger partial charge on any atom is 0.254 e. The number of fused-ring (bicyclic) bond motifs is 1. The van der Waals surface area contributed by atoms with Crippen LogP contribution in [0.3, 0.4) is 0 Å². The van der Waals surface area contributed by atoms with Gasteiger partial charge in [-0.3, -0.25) is 4.79 Å². The van der Waals surface area contributed by atoms with Crippen molar-refractivity contribution in [3.8, 4) is 11.5 Å². The topological polar surface area (TPSA) is 51.7 Å². The number of rotatable bonds is 5. The Morgan fingerprint density at radius 1 is 1.12 bits per heavy atom. The second-order valence-electron chi connectivity index (χ2n) is 5.71. The molecule has 25 heavy (non-hydrogen) atoms. The summed E-state index contributed by atoms with van der Waals surface area (Å²) in [6.07, 6.45) is 0. The molecule has 0 N–H and O–H groups in total. The summed E-state index contributed by atoms with van der Waals surface area (Å²) in [5.41, 5.74) is 1.48. The fraction of sp³-hybridized carbons (Fsp3) is 0.263. The summed E-state index contributed by atoms with van der Waals surface area (Å²) < 4.78 is 11.6. The summed E-state index contributed by atoms with van der Waals surface area (Å²) >= 11 is 1.61. The van der Waals surface area contributed by atoms with Gasteiger partial charge in [0.25, 0.3) is 5.91 Å². The molecule has 0 radical (unpaired) electrons. The Morgan fingerprint density at radius 3 is 2.36 bits per heavy atom. The summed E-state index contributed by atoms with van der Waals surface area (Å²) in [6, 6.07) is 13.0. The molecule has 3 rings (SSSR count). The fourth-order valence-electron chi connectivity index (χ4n) is 2.54. The van der Waals surface area contributed by atoms with Crippen molar-refractivity contribution in [2.45, 2.75) is 13.0 Å². The quantitative estimate of drug-likeness (QED) is 0.689. The van der Waals surface area contributed by atoms with E-state index in [1.165, 1.54) is 0 Å². The number of hydrogen-bond acceptors (Lipinski definition) is 5. The highest BCUT2D eigenvalue weighted by molar-refractivity contribution is 7.18. The number of benzene rings is 2. The number of aromatic nitrogens is 1. The van der Waals surface area contributed by atoms with Crippen molar-refractivity contribution in [1.82, 2.24) is 9.88 Å². The lowest BCUT2D eigenvalue weighted by molar-refractivity contribution is 0.0742. The predicted molar refractivity (Wildman–Crippen MR) is 99.7 cm³/mol. The largest absolute Gasteiger partial charge is 0.497 e. The molecule has 6 heteroatoms. The van der Waals surface area contributed by atoms with E-state index in [2.05, 4.69) is 4.98 Å². The molecule has 1 amide bonds. The Hall–Kier alpha value is -2.60. The molecular formula is C19H20N2O3S. The second kappa shape index (κ2) is 7.11. The summed E-state index contributed by atoms with van der Waals surface area (Å²) in [5.74, 6) is 1.07. The molecule has 1 heterocycles. The molecule has 0 saturated heterocycles. The van der Waals surface area contributed by atoms with Crippen molar-refractivity contribution < 1.29 is 14.3 Å². The number of carbonyl (C=O) groups excluding carboxylic acids is 1. The van der Waals surface area contributed by atoms with Gasteiger partial charge >= 0.3 is 0 Å². The summed E-state index contributed by atoms with van der Waals surface area (Å²) in [4.78, 5) is 19.2. The van der Waals surface area contributed by atoms with Crippen molar-refractivity contribution >= 4 is 27.5 Å². The van der Waals surface area contributed by atoms with E-state index in [1.54, 1.807) is 55.7 Å². The highest BCUT2D eigenvalue weighted by atomic mass is 32.1. The molecular weight excluding hydrogens is 336 g/mol. The average Bonchev–Trinajstić information content (AvgIpc) is 3.09. The van der Waals surface area contributed by atoms with Gasteiger partial charge in [0.1, 0.15) is 16.5 Å². The third-order valence-corrected chi connectivity index (χ3v) is 5.37. The zero-order valence-electron chi connectivity index (χ0n) is 14.6. The van der Waals surface area contributed by atoms with E-state index < -0.39 is 0 Å². The lowest BCUT2D eigenvalue weighted by atomic mass is 10.1. The maximum absolute atomic E-state index is 12.9. The van der Waals surface area contributed by atoms with Crippen molar-refractivity contribution in [3.63, 3.8) is 0 Å². The Labute approximate surface area is 150 Å². The Morgan fingerprint density at radius 2 is 1.76 bits per heavy atom. The normalized spacial score (nSPS) is 12.0. The number of hydrogen-bond donors (Lipinski definition) is 0. The smallest absolute Gasteiger partial charge is 0.254 e. The van der Waals surface area contributed by atoms with Gasteiger partial charge in [0.2, 0.25) is 0 Å². The summed E-state index contributed by atoms with van der Waals surface area (Å²) in [5, 5.41) is 0.909. The van der Waals surface area contributed by atoms with Gasteiger partial charge < -0.3 is 14.4 Å². The van der Waals surface area contributed by atoms with E-state index >= 15 is 0 Å². The molecule has 0 aliphatic rings. The van der Waals surface area contributed by atoms with E-state index in [0.29, 0.717) is 17.1 Å². The van der Waals surface area contributed by atoms with Crippen LogP contribution in [0.5, 0.6) is 11.5 Å². The standard InChI is InChI=1S/C19H20N2O3S/c1-12(18-20-16-7-5-6-8-17(16)25-18)21(2)19(22)13-9-14(23-3)11-15(10-13)24-4/h5-12H,1-4H3/t12-/m0/s1. The number of amides is 1. The SMILES string of the molecule is COc1cc(OC)cc(C(=O)N(C)[C@@H](C)c2nc3ccccc3s2)c1. The lowest BCUT2D eigenvalue weighted by Gasteiger charge is -2.23. The van der Waals surface area contributed by atoms with Gasteiger partial charge in [0, 0.05) is 18.7 Å². The fourth-order valence-corrected chi connectivity index (χ4v) is 3.61. The zero-order chi connectivity index (χ0) is 18.0. The zero-order valence-corrected chi connectivity index (χ0v) is 15.5. The second-order valence-corrected chi connectivity index (χ2v) is 6.78. The minimum absolute atomic E-state index is 0.107. The van der Waals surface area contributed by atoms with E-state index in [4.69, 9.17) is 9.47 Å². The van der Waals surface area contributed by atoms with Crippen LogP contribution in [0.25, 0.3) is 10.2 Å². The molecule has 5 nitrogen and oxygen atoms in total. The first-order valence-corrected chi connectivity index (χ1v) is 8.71. The van der Waals surface area contributed by atoms with Crippen molar-refractivity contribution in [3.05, 3.63) is 53.0 Å². The molecule has 0 spiro atoms. The predicted octanol–water partition coefficient (Wildman–Crippen LogP) is 4.15. The molecule has 0 saturated carbocycles. The molecule has 0 unspecified atom stereocenters. The minimum atomic E-state index is -0.137. The third kappa shape index (κ3) is 3.44. The van der Waals surface area contributed by atoms with Crippen molar-refractivity contribution in [2.75, 3.05) is 21.3 Å². The number of para-hydroxylation sites is 1. The summed E-state index contributed by atoms with van der Waals surface area (Å²) in [6.45, 7) is 1.98. The molecule has 2 aromatic carbocycles. The first-order valence-electron chi connectivity index (χ1n) is 7.89. The Kier molecular flexibility index (Phi) is 4.90. The van der Waals surface area contributed by atoms with Crippen LogP contribution in [0.15, 0.2) is 42.5 Å². The van der Waals surface area contributed by atoms with Gasteiger partial charge in [-0.25, -0.2) is 4.98 Å². The first-order chi connectivity index (χ1) is 12.0. The molecule has 130 valence electrons. The maximum atomic E-state index is 12.9. The summed E-state index contributed by atoms with van der Waals surface area (Å²) in [7, 11) is 4.91.